The number of aliphatic hydroxyl groups is 1. The Bertz CT molecular complexity index is 347. The van der Waals surface area contributed by atoms with E-state index in [0.717, 1.165) is 16.7 Å². The van der Waals surface area contributed by atoms with E-state index in [4.69, 9.17) is 5.11 Å². The Morgan fingerprint density at radius 3 is 2.71 bits per heavy atom. The molecule has 76 valence electrons. The molecule has 1 aromatic rings. The maximum atomic E-state index is 11.1. The van der Waals surface area contributed by atoms with Crippen LogP contribution in [-0.4, -0.2) is 10.9 Å². The first-order chi connectivity index (χ1) is 6.56. The van der Waals surface area contributed by atoms with E-state index < -0.39 is 0 Å². The van der Waals surface area contributed by atoms with Gasteiger partial charge in [-0.3, -0.25) is 4.79 Å². The highest BCUT2D eigenvalue weighted by molar-refractivity contribution is 9.09. The molecule has 0 aliphatic rings. The van der Waals surface area contributed by atoms with Gasteiger partial charge in [0.05, 0.1) is 11.4 Å². The number of aryl methyl sites for hydroxylation is 1. The first-order valence-electron chi connectivity index (χ1n) is 4.41. The molecule has 2 nitrogen and oxygen atoms in total. The average Bonchev–Trinajstić information content (AvgIpc) is 2.17. The van der Waals surface area contributed by atoms with E-state index in [9.17, 15) is 4.79 Å². The second-order valence-electron chi connectivity index (χ2n) is 3.32. The van der Waals surface area contributed by atoms with Crippen LogP contribution in [0.15, 0.2) is 18.2 Å². The van der Waals surface area contributed by atoms with Crippen molar-refractivity contribution in [1.29, 1.82) is 0 Å². The van der Waals surface area contributed by atoms with Gasteiger partial charge in [0.25, 0.3) is 0 Å². The minimum absolute atomic E-state index is 0.0112. The number of aliphatic hydroxyl groups excluding tert-OH is 1. The van der Waals surface area contributed by atoms with Crippen LogP contribution >= 0.6 is 15.9 Å². The number of hydrogen-bond donors (Lipinski definition) is 1. The number of carbonyl (C=O) groups is 1. The summed E-state index contributed by atoms with van der Waals surface area (Å²) in [4.78, 5) is 10.8. The van der Waals surface area contributed by atoms with Gasteiger partial charge in [-0.25, -0.2) is 0 Å². The minimum atomic E-state index is -0.270. The Morgan fingerprint density at radius 2 is 2.21 bits per heavy atom. The van der Waals surface area contributed by atoms with Gasteiger partial charge in [0.1, 0.15) is 5.78 Å². The van der Waals surface area contributed by atoms with E-state index in [1.165, 1.54) is 6.92 Å². The van der Waals surface area contributed by atoms with Crippen LogP contribution in [0, 0.1) is 6.92 Å². The summed E-state index contributed by atoms with van der Waals surface area (Å²) in [6, 6.07) is 5.67. The molecule has 0 amide bonds. The van der Waals surface area contributed by atoms with Crippen LogP contribution in [-0.2, 0) is 11.4 Å². The van der Waals surface area contributed by atoms with Gasteiger partial charge in [0, 0.05) is 0 Å². The van der Waals surface area contributed by atoms with E-state index in [-0.39, 0.29) is 17.2 Å². The summed E-state index contributed by atoms with van der Waals surface area (Å²) >= 11 is 3.31. The zero-order chi connectivity index (χ0) is 10.7. The smallest absolute Gasteiger partial charge is 0.147 e. The third-order valence-corrected chi connectivity index (χ3v) is 3.37. The molecule has 0 saturated heterocycles. The highest BCUT2D eigenvalue weighted by Gasteiger charge is 2.13. The molecule has 0 saturated carbocycles. The second kappa shape index (κ2) is 4.71. The van der Waals surface area contributed by atoms with Crippen molar-refractivity contribution >= 4 is 21.7 Å². The van der Waals surface area contributed by atoms with Crippen LogP contribution in [0.4, 0.5) is 0 Å². The number of halogens is 1. The molecule has 0 aromatic heterocycles. The highest BCUT2D eigenvalue weighted by Crippen LogP contribution is 2.25. The van der Waals surface area contributed by atoms with Gasteiger partial charge in [-0.1, -0.05) is 34.1 Å². The Hall–Kier alpha value is -0.670. The van der Waals surface area contributed by atoms with Crippen LogP contribution in [0.3, 0.4) is 0 Å². The fourth-order valence-corrected chi connectivity index (χ4v) is 1.54. The van der Waals surface area contributed by atoms with Gasteiger partial charge in [-0.05, 0) is 30.5 Å². The van der Waals surface area contributed by atoms with Crippen molar-refractivity contribution in [3.8, 4) is 0 Å². The Morgan fingerprint density at radius 1 is 1.57 bits per heavy atom. The van der Waals surface area contributed by atoms with Crippen LogP contribution in [0.2, 0.25) is 0 Å². The van der Waals surface area contributed by atoms with Gasteiger partial charge in [0.15, 0.2) is 0 Å². The monoisotopic (exact) mass is 256 g/mol. The number of carbonyl (C=O) groups excluding carboxylic acids is 1. The molecule has 0 bridgehead atoms. The number of hydrogen-bond acceptors (Lipinski definition) is 2. The third-order valence-electron chi connectivity index (χ3n) is 2.19. The van der Waals surface area contributed by atoms with Gasteiger partial charge in [0.2, 0.25) is 0 Å². The predicted molar refractivity (Wildman–Crippen MR) is 59.5 cm³/mol. The summed E-state index contributed by atoms with van der Waals surface area (Å²) in [7, 11) is 0. The average molecular weight is 257 g/mol. The lowest BCUT2D eigenvalue weighted by atomic mass is 10.0. The standard InChI is InChI=1S/C11H13BrO2/c1-7-3-4-9(5-10(7)6-13)11(12)8(2)14/h3-5,11,13H,6H2,1-2H3. The molecule has 1 rings (SSSR count). The van der Waals surface area contributed by atoms with Crippen LogP contribution < -0.4 is 0 Å². The summed E-state index contributed by atoms with van der Waals surface area (Å²) in [6.07, 6.45) is 0. The van der Waals surface area contributed by atoms with Gasteiger partial charge < -0.3 is 5.11 Å². The van der Waals surface area contributed by atoms with Crippen molar-refractivity contribution in [2.75, 3.05) is 0 Å². The predicted octanol–water partition coefficient (Wildman–Crippen LogP) is 2.51. The van der Waals surface area contributed by atoms with E-state index >= 15 is 0 Å². The Balaban J connectivity index is 3.06. The number of benzene rings is 1. The molecule has 0 heterocycles. The molecule has 1 aromatic carbocycles. The first kappa shape index (κ1) is 11.4. The van der Waals surface area contributed by atoms with E-state index in [1.54, 1.807) is 0 Å². The summed E-state index contributed by atoms with van der Waals surface area (Å²) in [5.74, 6) is 0.0674. The molecule has 0 fully saturated rings. The van der Waals surface area contributed by atoms with Crippen LogP contribution in [0.5, 0.6) is 0 Å². The first-order valence-corrected chi connectivity index (χ1v) is 5.32. The topological polar surface area (TPSA) is 37.3 Å². The largest absolute Gasteiger partial charge is 0.392 e. The Labute approximate surface area is 92.1 Å². The lowest BCUT2D eigenvalue weighted by Gasteiger charge is -2.09. The summed E-state index contributed by atoms with van der Waals surface area (Å²) in [5, 5.41) is 9.06. The number of alkyl halides is 1. The summed E-state index contributed by atoms with van der Waals surface area (Å²) < 4.78 is 0. The Kier molecular flexibility index (Phi) is 3.84. The van der Waals surface area contributed by atoms with Crippen molar-refractivity contribution < 1.29 is 9.90 Å². The minimum Gasteiger partial charge on any atom is -0.392 e. The molecule has 14 heavy (non-hydrogen) atoms. The highest BCUT2D eigenvalue weighted by atomic mass is 79.9. The van der Waals surface area contributed by atoms with Crippen molar-refractivity contribution in [3.05, 3.63) is 34.9 Å². The van der Waals surface area contributed by atoms with Gasteiger partial charge >= 0.3 is 0 Å². The van der Waals surface area contributed by atoms with Crippen LogP contribution in [0.25, 0.3) is 0 Å². The van der Waals surface area contributed by atoms with Gasteiger partial charge in [-0.15, -0.1) is 0 Å². The van der Waals surface area contributed by atoms with E-state index in [1.807, 2.05) is 25.1 Å². The number of ketones is 1. The SMILES string of the molecule is CC(=O)C(Br)c1ccc(C)c(CO)c1. The van der Waals surface area contributed by atoms with E-state index in [0.29, 0.717) is 0 Å². The van der Waals surface area contributed by atoms with Crippen molar-refractivity contribution in [3.63, 3.8) is 0 Å². The fraction of sp³-hybridized carbons (Fsp3) is 0.364. The maximum Gasteiger partial charge on any atom is 0.147 e. The lowest BCUT2D eigenvalue weighted by Crippen LogP contribution is -2.02. The zero-order valence-corrected chi connectivity index (χ0v) is 9.84. The molecular formula is C11H13BrO2. The molecule has 1 unspecified atom stereocenters. The van der Waals surface area contributed by atoms with Crippen molar-refractivity contribution in [2.45, 2.75) is 25.3 Å². The number of Topliss-reactive ketones (excluding diaryl/α,β-unsaturated/α-hetero) is 1. The zero-order valence-electron chi connectivity index (χ0n) is 8.25. The molecule has 0 spiro atoms. The summed E-state index contributed by atoms with van der Waals surface area (Å²) in [5.41, 5.74) is 2.81. The molecule has 0 radical (unpaired) electrons. The lowest BCUT2D eigenvalue weighted by molar-refractivity contribution is -0.116. The van der Waals surface area contributed by atoms with Crippen LogP contribution in [0.1, 0.15) is 28.4 Å². The normalized spacial score (nSPS) is 12.6. The summed E-state index contributed by atoms with van der Waals surface area (Å²) in [6.45, 7) is 3.49. The molecule has 1 N–H and O–H groups in total. The molecule has 1 atom stereocenters. The molecule has 0 aliphatic carbocycles. The maximum absolute atomic E-state index is 11.1. The second-order valence-corrected chi connectivity index (χ2v) is 4.23. The number of rotatable bonds is 3. The molecule has 0 aliphatic heterocycles. The fourth-order valence-electron chi connectivity index (χ4n) is 1.25. The third kappa shape index (κ3) is 2.42. The van der Waals surface area contributed by atoms with Gasteiger partial charge in [-0.2, -0.15) is 0 Å². The molecular weight excluding hydrogens is 244 g/mol. The van der Waals surface area contributed by atoms with Crippen molar-refractivity contribution in [2.24, 2.45) is 0 Å². The van der Waals surface area contributed by atoms with Crippen molar-refractivity contribution in [1.82, 2.24) is 0 Å². The quantitative estimate of drug-likeness (QED) is 0.845. The van der Waals surface area contributed by atoms with E-state index in [2.05, 4.69) is 15.9 Å². The molecule has 3 heteroatoms.